The van der Waals surface area contributed by atoms with Gasteiger partial charge < -0.3 is 31.3 Å². The molecule has 7 heterocycles. The van der Waals surface area contributed by atoms with Crippen LogP contribution in [0.2, 0.25) is 5.02 Å². The van der Waals surface area contributed by atoms with E-state index < -0.39 is 5.82 Å². The van der Waals surface area contributed by atoms with Gasteiger partial charge in [0.1, 0.15) is 11.3 Å². The summed E-state index contributed by atoms with van der Waals surface area (Å²) in [5.41, 5.74) is 12.8. The molecule has 16 heteroatoms. The first-order valence-corrected chi connectivity index (χ1v) is 19.2. The Balaban J connectivity index is 0.925. The average molecular weight is 786 g/mol. The van der Waals surface area contributed by atoms with Crippen LogP contribution < -0.4 is 26.2 Å². The minimum absolute atomic E-state index is 0.0361. The Hall–Kier alpha value is -6.03. The van der Waals surface area contributed by atoms with Crippen molar-refractivity contribution in [2.24, 2.45) is 12.0 Å². The first-order valence-electron chi connectivity index (χ1n) is 18.8. The van der Waals surface area contributed by atoms with Crippen molar-refractivity contribution in [2.75, 3.05) is 55.3 Å². The van der Waals surface area contributed by atoms with Gasteiger partial charge in [-0.15, -0.1) is 0 Å². The fraction of sp³-hybridized carbons (Fsp3) is 0.293. The Bertz CT molecular complexity index is 2740. The first-order chi connectivity index (χ1) is 27.5. The SMILES string of the molecule is CN=Cc1cc(-c2ncc3cc(N4CCNC(C5CN(c6cnc7nc(-c8cc(F)c9nn(C)cc9c8)cc(Cl)c7c6)CC(C)N5)C4)cnc3n2)c(O)c(C)c1N. The van der Waals surface area contributed by atoms with E-state index >= 15 is 0 Å². The third-order valence-corrected chi connectivity index (χ3v) is 11.3. The Morgan fingerprint density at radius 3 is 2.56 bits per heavy atom. The van der Waals surface area contributed by atoms with Gasteiger partial charge in [0, 0.05) is 122 Å². The molecule has 2 aliphatic heterocycles. The summed E-state index contributed by atoms with van der Waals surface area (Å²) in [6.07, 6.45) is 8.87. The molecule has 0 saturated carbocycles. The third-order valence-electron chi connectivity index (χ3n) is 11.0. The fourth-order valence-corrected chi connectivity index (χ4v) is 8.31. The number of halogens is 2. The summed E-state index contributed by atoms with van der Waals surface area (Å²) in [6, 6.07) is 11.4. The summed E-state index contributed by atoms with van der Waals surface area (Å²) in [5, 5.41) is 25.4. The number of nitrogens with zero attached hydrogens (tertiary/aromatic N) is 10. The van der Waals surface area contributed by atoms with Crippen molar-refractivity contribution in [3.05, 3.63) is 83.2 Å². The van der Waals surface area contributed by atoms with Gasteiger partial charge in [0.25, 0.3) is 0 Å². The zero-order valence-corrected chi connectivity index (χ0v) is 32.6. The van der Waals surface area contributed by atoms with Gasteiger partial charge in [-0.25, -0.2) is 29.3 Å². The van der Waals surface area contributed by atoms with E-state index in [0.29, 0.717) is 66.7 Å². The number of phenols is 1. The van der Waals surface area contributed by atoms with Crippen LogP contribution in [-0.4, -0.2) is 104 Å². The molecule has 2 aliphatic rings. The molecule has 14 nitrogen and oxygen atoms in total. The topological polar surface area (TPSA) is 171 Å². The maximum absolute atomic E-state index is 14.9. The minimum atomic E-state index is -0.412. The molecule has 0 spiro atoms. The molecule has 9 rings (SSSR count). The number of aromatic nitrogens is 7. The van der Waals surface area contributed by atoms with E-state index in [2.05, 4.69) is 48.5 Å². The van der Waals surface area contributed by atoms with Gasteiger partial charge in [-0.05, 0) is 50.2 Å². The zero-order valence-electron chi connectivity index (χ0n) is 31.9. The Morgan fingerprint density at radius 1 is 0.947 bits per heavy atom. The average Bonchev–Trinajstić information content (AvgIpc) is 3.61. The standard InChI is InChI=1S/C41H41ClFN13O/c1-21-17-56(28-11-29-31(42)12-33(51-40(29)49-16-28)23-7-26-18-54(4)53-37(26)32(43)10-23)20-35(50-21)34-19-55(6-5-46-34)27-8-25-14-47-41(52-39(25)48-15-27)30-9-24(13-45-3)36(44)22(2)38(30)57/h7-16,18,21,34-35,46,50,57H,5-6,17,19-20,44H2,1-4H3. The minimum Gasteiger partial charge on any atom is -0.507 e. The van der Waals surface area contributed by atoms with Crippen LogP contribution in [-0.2, 0) is 7.05 Å². The van der Waals surface area contributed by atoms with Crippen LogP contribution >= 0.6 is 11.6 Å². The third kappa shape index (κ3) is 6.81. The predicted octanol–water partition coefficient (Wildman–Crippen LogP) is 5.27. The van der Waals surface area contributed by atoms with Crippen LogP contribution in [0.15, 0.2) is 66.2 Å². The van der Waals surface area contributed by atoms with E-state index in [9.17, 15) is 9.50 Å². The van der Waals surface area contributed by atoms with Crippen LogP contribution in [0, 0.1) is 12.7 Å². The number of anilines is 3. The van der Waals surface area contributed by atoms with Crippen molar-refractivity contribution >= 4 is 67.8 Å². The number of rotatable bonds is 6. The summed E-state index contributed by atoms with van der Waals surface area (Å²) in [4.78, 5) is 32.4. The van der Waals surface area contributed by atoms with Gasteiger partial charge in [-0.2, -0.15) is 5.10 Å². The van der Waals surface area contributed by atoms with Gasteiger partial charge in [-0.1, -0.05) is 11.6 Å². The second-order valence-electron chi connectivity index (χ2n) is 14.9. The summed E-state index contributed by atoms with van der Waals surface area (Å²) in [7, 11) is 3.43. The quantitative estimate of drug-likeness (QED) is 0.127. The maximum Gasteiger partial charge on any atom is 0.165 e. The number of aryl methyl sites for hydroxylation is 1. The molecular formula is C41H41ClFN13O. The number of nitrogens with one attached hydrogen (secondary N) is 2. The molecule has 290 valence electrons. The molecule has 5 N–H and O–H groups in total. The molecule has 3 unspecified atom stereocenters. The van der Waals surface area contributed by atoms with Gasteiger partial charge in [0.2, 0.25) is 0 Å². The smallest absolute Gasteiger partial charge is 0.165 e. The number of hydrogen-bond acceptors (Lipinski definition) is 13. The van der Waals surface area contributed by atoms with E-state index in [1.807, 2.05) is 24.5 Å². The number of nitrogens with two attached hydrogens (primary N) is 1. The number of benzene rings is 2. The number of nitrogen functional groups attached to an aromatic ring is 1. The second kappa shape index (κ2) is 14.5. The summed E-state index contributed by atoms with van der Waals surface area (Å²) < 4.78 is 16.5. The van der Waals surface area contributed by atoms with Crippen molar-refractivity contribution in [3.8, 4) is 28.4 Å². The fourth-order valence-electron chi connectivity index (χ4n) is 8.06. The van der Waals surface area contributed by atoms with Crippen LogP contribution in [0.4, 0.5) is 21.5 Å². The Labute approximate surface area is 332 Å². The van der Waals surface area contributed by atoms with Gasteiger partial charge in [-0.3, -0.25) is 9.67 Å². The number of piperazine rings is 2. The second-order valence-corrected chi connectivity index (χ2v) is 15.3. The number of phenolic OH excluding ortho intramolecular Hbond substituents is 1. The molecule has 0 radical (unpaired) electrons. The van der Waals surface area contributed by atoms with E-state index in [0.717, 1.165) is 54.9 Å². The monoisotopic (exact) mass is 785 g/mol. The highest BCUT2D eigenvalue weighted by atomic mass is 35.5. The molecule has 2 saturated heterocycles. The normalized spacial score (nSPS) is 19.1. The highest BCUT2D eigenvalue weighted by Crippen LogP contribution is 2.36. The number of aliphatic imine (C=N–C) groups is 1. The van der Waals surface area contributed by atoms with E-state index in [-0.39, 0.29) is 23.9 Å². The first kappa shape index (κ1) is 36.6. The molecule has 0 bridgehead atoms. The molecule has 2 aromatic carbocycles. The van der Waals surface area contributed by atoms with Crippen LogP contribution in [0.5, 0.6) is 5.75 Å². The maximum atomic E-state index is 14.9. The molecule has 0 aliphatic carbocycles. The predicted molar refractivity (Wildman–Crippen MR) is 224 cm³/mol. The summed E-state index contributed by atoms with van der Waals surface area (Å²) in [5.74, 6) is -0.0154. The lowest BCUT2D eigenvalue weighted by Gasteiger charge is -2.45. The Morgan fingerprint density at radius 2 is 1.74 bits per heavy atom. The molecule has 7 aromatic rings. The number of aromatic hydroxyl groups is 1. The molecular weight excluding hydrogens is 745 g/mol. The highest BCUT2D eigenvalue weighted by molar-refractivity contribution is 6.35. The van der Waals surface area contributed by atoms with Crippen LogP contribution in [0.25, 0.3) is 55.6 Å². The highest BCUT2D eigenvalue weighted by Gasteiger charge is 2.33. The number of fused-ring (bicyclic) bond motifs is 3. The molecule has 3 atom stereocenters. The van der Waals surface area contributed by atoms with E-state index in [4.69, 9.17) is 37.3 Å². The lowest BCUT2D eigenvalue weighted by atomic mass is 10.00. The Kier molecular flexibility index (Phi) is 9.30. The summed E-state index contributed by atoms with van der Waals surface area (Å²) in [6.45, 7) is 7.90. The van der Waals surface area contributed by atoms with Crippen molar-refractivity contribution in [2.45, 2.75) is 32.0 Å². The van der Waals surface area contributed by atoms with E-state index in [1.165, 1.54) is 6.07 Å². The van der Waals surface area contributed by atoms with Crippen molar-refractivity contribution < 1.29 is 9.50 Å². The van der Waals surface area contributed by atoms with Crippen molar-refractivity contribution in [1.29, 1.82) is 0 Å². The van der Waals surface area contributed by atoms with Crippen LogP contribution in [0.3, 0.4) is 0 Å². The summed E-state index contributed by atoms with van der Waals surface area (Å²) >= 11 is 6.88. The van der Waals surface area contributed by atoms with Gasteiger partial charge in [0.15, 0.2) is 22.9 Å². The van der Waals surface area contributed by atoms with Gasteiger partial charge >= 0.3 is 0 Å². The van der Waals surface area contributed by atoms with Crippen molar-refractivity contribution in [1.82, 2.24) is 45.3 Å². The largest absolute Gasteiger partial charge is 0.507 e. The van der Waals surface area contributed by atoms with Gasteiger partial charge in [0.05, 0.1) is 40.0 Å². The molecule has 2 fully saturated rings. The van der Waals surface area contributed by atoms with Crippen molar-refractivity contribution in [3.63, 3.8) is 0 Å². The zero-order chi connectivity index (χ0) is 39.5. The van der Waals surface area contributed by atoms with E-state index in [1.54, 1.807) is 56.4 Å². The lowest BCUT2D eigenvalue weighted by molar-refractivity contribution is 0.295. The van der Waals surface area contributed by atoms with Crippen LogP contribution in [0.1, 0.15) is 18.1 Å². The molecule has 57 heavy (non-hydrogen) atoms. The lowest BCUT2D eigenvalue weighted by Crippen LogP contribution is -2.67. The molecule has 0 amide bonds. The molecule has 5 aromatic heterocycles. The number of pyridine rings is 3. The number of hydrogen-bond donors (Lipinski definition) is 4.